The zero-order valence-corrected chi connectivity index (χ0v) is 14.5. The Morgan fingerprint density at radius 3 is 2.71 bits per heavy atom. The van der Waals surface area contributed by atoms with Gasteiger partial charge in [-0.2, -0.15) is 5.10 Å². The van der Waals surface area contributed by atoms with Gasteiger partial charge in [0, 0.05) is 25.0 Å². The molecule has 0 aliphatic heterocycles. The van der Waals surface area contributed by atoms with Gasteiger partial charge >= 0.3 is 6.03 Å². The first kappa shape index (κ1) is 16.8. The van der Waals surface area contributed by atoms with Gasteiger partial charge in [-0.1, -0.05) is 30.2 Å². The lowest BCUT2D eigenvalue weighted by molar-refractivity contribution is 0.208. The van der Waals surface area contributed by atoms with Crippen molar-refractivity contribution in [2.24, 2.45) is 13.0 Å². The number of carbonyl (C=O) groups is 1. The Bertz CT molecular complexity index is 681. The van der Waals surface area contributed by atoms with Crippen LogP contribution in [0.25, 0.3) is 0 Å². The average molecular weight is 348 g/mol. The van der Waals surface area contributed by atoms with Crippen LogP contribution in [0.15, 0.2) is 30.6 Å². The molecule has 1 fully saturated rings. The summed E-state index contributed by atoms with van der Waals surface area (Å²) >= 11 is 5.97. The first-order valence-electron chi connectivity index (χ1n) is 8.26. The van der Waals surface area contributed by atoms with E-state index in [0.717, 1.165) is 24.2 Å². The number of nitrogens with zero attached hydrogens (tertiary/aromatic N) is 3. The summed E-state index contributed by atoms with van der Waals surface area (Å²) in [4.78, 5) is 16.4. The average Bonchev–Trinajstić information content (AvgIpc) is 2.91. The molecule has 0 saturated heterocycles. The molecule has 2 amide bonds. The summed E-state index contributed by atoms with van der Waals surface area (Å²) in [6.07, 6.45) is 5.69. The molecule has 1 saturated carbocycles. The lowest BCUT2D eigenvalue weighted by atomic mass is 9.77. The number of nitrogens with one attached hydrogen (secondary N) is 2. The summed E-state index contributed by atoms with van der Waals surface area (Å²) in [5.41, 5.74) is 1.10. The van der Waals surface area contributed by atoms with Crippen molar-refractivity contribution in [3.63, 3.8) is 0 Å². The number of hydrogen-bond acceptors (Lipinski definition) is 3. The van der Waals surface area contributed by atoms with Crippen LogP contribution >= 0.6 is 11.6 Å². The molecule has 24 heavy (non-hydrogen) atoms. The van der Waals surface area contributed by atoms with Gasteiger partial charge < -0.3 is 10.6 Å². The number of amides is 2. The van der Waals surface area contributed by atoms with E-state index in [1.807, 2.05) is 31.3 Å². The molecule has 1 aliphatic carbocycles. The lowest BCUT2D eigenvalue weighted by Crippen LogP contribution is -2.42. The van der Waals surface area contributed by atoms with E-state index in [1.54, 1.807) is 4.68 Å². The van der Waals surface area contributed by atoms with Crippen LogP contribution in [-0.2, 0) is 13.5 Å². The van der Waals surface area contributed by atoms with E-state index in [9.17, 15) is 4.79 Å². The second-order valence-corrected chi connectivity index (χ2v) is 6.61. The van der Waals surface area contributed by atoms with Crippen LogP contribution in [0.1, 0.15) is 36.7 Å². The molecule has 3 rings (SSSR count). The third-order valence-corrected chi connectivity index (χ3v) is 4.83. The van der Waals surface area contributed by atoms with E-state index in [4.69, 9.17) is 11.6 Å². The molecule has 2 N–H and O–H groups in total. The molecule has 7 heteroatoms. The number of hydrogen-bond donors (Lipinski definition) is 2. The fourth-order valence-electron chi connectivity index (χ4n) is 2.94. The number of urea groups is 1. The van der Waals surface area contributed by atoms with Gasteiger partial charge in [0.15, 0.2) is 0 Å². The van der Waals surface area contributed by atoms with Crippen LogP contribution in [-0.4, -0.2) is 27.3 Å². The third-order valence-electron chi connectivity index (χ3n) is 4.58. The lowest BCUT2D eigenvalue weighted by Gasteiger charge is -2.34. The fourth-order valence-corrected chi connectivity index (χ4v) is 3.07. The minimum atomic E-state index is -0.149. The predicted molar refractivity (Wildman–Crippen MR) is 92.8 cm³/mol. The second kappa shape index (κ2) is 7.66. The van der Waals surface area contributed by atoms with E-state index in [-0.39, 0.29) is 12.1 Å². The van der Waals surface area contributed by atoms with Crippen LogP contribution in [0, 0.1) is 5.92 Å². The van der Waals surface area contributed by atoms with Crippen molar-refractivity contribution >= 4 is 17.6 Å². The molecule has 0 unspecified atom stereocenters. The van der Waals surface area contributed by atoms with Gasteiger partial charge in [-0.3, -0.25) is 4.68 Å². The largest absolute Gasteiger partial charge is 0.338 e. The second-order valence-electron chi connectivity index (χ2n) is 6.17. The van der Waals surface area contributed by atoms with Crippen molar-refractivity contribution in [3.05, 3.63) is 47.0 Å². The number of benzene rings is 1. The Labute approximate surface area is 146 Å². The standard InChI is InChI=1S/C17H22ClN5O/c1-23-15(20-11-21-23)9-10-19-17(24)22-16(12-3-2-4-12)13-5-7-14(18)8-6-13/h5-8,11-12,16H,2-4,9-10H2,1H3,(H2,19,22,24)/t16-/m1/s1. The number of aryl methyl sites for hydroxylation is 1. The van der Waals surface area contributed by atoms with Gasteiger partial charge in [0.2, 0.25) is 0 Å². The molecule has 6 nitrogen and oxygen atoms in total. The van der Waals surface area contributed by atoms with Crippen LogP contribution in [0.3, 0.4) is 0 Å². The molecule has 1 aromatic heterocycles. The Hall–Kier alpha value is -2.08. The Morgan fingerprint density at radius 2 is 2.12 bits per heavy atom. The van der Waals surface area contributed by atoms with Gasteiger partial charge in [-0.05, 0) is 36.5 Å². The minimum absolute atomic E-state index is 0.0332. The normalized spacial score (nSPS) is 15.6. The maximum Gasteiger partial charge on any atom is 0.315 e. The van der Waals surface area contributed by atoms with Crippen molar-refractivity contribution in [2.45, 2.75) is 31.7 Å². The zero-order valence-electron chi connectivity index (χ0n) is 13.7. The summed E-state index contributed by atoms with van der Waals surface area (Å²) in [5, 5.41) is 10.7. The van der Waals surface area contributed by atoms with Crippen molar-refractivity contribution < 1.29 is 4.79 Å². The number of aromatic nitrogens is 3. The van der Waals surface area contributed by atoms with Crippen molar-refractivity contribution in [3.8, 4) is 0 Å². The summed E-state index contributed by atoms with van der Waals surface area (Å²) in [6, 6.07) is 7.61. The van der Waals surface area contributed by atoms with Crippen LogP contribution in [0.4, 0.5) is 4.79 Å². The van der Waals surface area contributed by atoms with Gasteiger partial charge in [-0.25, -0.2) is 9.78 Å². The third kappa shape index (κ3) is 4.06. The monoisotopic (exact) mass is 347 g/mol. The topological polar surface area (TPSA) is 71.8 Å². The Kier molecular flexibility index (Phi) is 5.35. The van der Waals surface area contributed by atoms with Crippen LogP contribution < -0.4 is 10.6 Å². The molecule has 2 aromatic rings. The van der Waals surface area contributed by atoms with Crippen molar-refractivity contribution in [1.82, 2.24) is 25.4 Å². The highest BCUT2D eigenvalue weighted by Gasteiger charge is 2.29. The van der Waals surface area contributed by atoms with Gasteiger partial charge in [-0.15, -0.1) is 0 Å². The SMILES string of the molecule is Cn1ncnc1CCNC(=O)N[C@@H](c1ccc(Cl)cc1)C1CCC1. The number of carbonyl (C=O) groups excluding carboxylic acids is 1. The zero-order chi connectivity index (χ0) is 16.9. The molecule has 1 aliphatic rings. The van der Waals surface area contributed by atoms with E-state index in [0.29, 0.717) is 23.9 Å². The highest BCUT2D eigenvalue weighted by atomic mass is 35.5. The van der Waals surface area contributed by atoms with Crippen molar-refractivity contribution in [1.29, 1.82) is 0 Å². The van der Waals surface area contributed by atoms with E-state index in [2.05, 4.69) is 20.7 Å². The molecule has 128 valence electrons. The molecule has 0 bridgehead atoms. The summed E-state index contributed by atoms with van der Waals surface area (Å²) < 4.78 is 1.71. The van der Waals surface area contributed by atoms with E-state index >= 15 is 0 Å². The molecular weight excluding hydrogens is 326 g/mol. The smallest absolute Gasteiger partial charge is 0.315 e. The summed E-state index contributed by atoms with van der Waals surface area (Å²) in [6.45, 7) is 0.524. The van der Waals surface area contributed by atoms with Crippen LogP contribution in [0.5, 0.6) is 0 Å². The van der Waals surface area contributed by atoms with Gasteiger partial charge in [0.25, 0.3) is 0 Å². The number of halogens is 1. The maximum atomic E-state index is 12.3. The Morgan fingerprint density at radius 1 is 1.38 bits per heavy atom. The first-order valence-corrected chi connectivity index (χ1v) is 8.64. The highest BCUT2D eigenvalue weighted by molar-refractivity contribution is 6.30. The van der Waals surface area contributed by atoms with Gasteiger partial charge in [0.05, 0.1) is 6.04 Å². The van der Waals surface area contributed by atoms with Crippen molar-refractivity contribution in [2.75, 3.05) is 6.54 Å². The minimum Gasteiger partial charge on any atom is -0.338 e. The molecule has 1 atom stereocenters. The quantitative estimate of drug-likeness (QED) is 0.844. The molecule has 1 aromatic carbocycles. The van der Waals surface area contributed by atoms with E-state index in [1.165, 1.54) is 12.7 Å². The highest BCUT2D eigenvalue weighted by Crippen LogP contribution is 2.37. The molecular formula is C17H22ClN5O. The first-order chi connectivity index (χ1) is 11.6. The van der Waals surface area contributed by atoms with Crippen LogP contribution in [0.2, 0.25) is 5.02 Å². The molecule has 0 spiro atoms. The maximum absolute atomic E-state index is 12.3. The summed E-state index contributed by atoms with van der Waals surface area (Å²) in [7, 11) is 1.84. The van der Waals surface area contributed by atoms with Gasteiger partial charge in [0.1, 0.15) is 12.2 Å². The molecule has 1 heterocycles. The number of rotatable bonds is 6. The summed E-state index contributed by atoms with van der Waals surface area (Å²) in [5.74, 6) is 1.35. The predicted octanol–water partition coefficient (Wildman–Crippen LogP) is 2.85. The molecule has 0 radical (unpaired) electrons. The van der Waals surface area contributed by atoms with E-state index < -0.39 is 0 Å². The fraction of sp³-hybridized carbons (Fsp3) is 0.471. The Balaban J connectivity index is 1.55.